The van der Waals surface area contributed by atoms with Gasteiger partial charge in [-0.25, -0.2) is 0 Å². The van der Waals surface area contributed by atoms with Crippen molar-refractivity contribution in [1.29, 1.82) is 0 Å². The van der Waals surface area contributed by atoms with Crippen LogP contribution in [0.5, 0.6) is 0 Å². The Labute approximate surface area is 95.6 Å². The van der Waals surface area contributed by atoms with Crippen LogP contribution in [0.25, 0.3) is 0 Å². The molecule has 82 valence electrons. The summed E-state index contributed by atoms with van der Waals surface area (Å²) >= 11 is 0. The molecule has 0 spiro atoms. The molecule has 1 atom stereocenters. The van der Waals surface area contributed by atoms with E-state index in [-0.39, 0.29) is 6.04 Å². The van der Waals surface area contributed by atoms with Crippen LogP contribution in [0.4, 0.5) is 0 Å². The minimum Gasteiger partial charge on any atom is -0.309 e. The van der Waals surface area contributed by atoms with Gasteiger partial charge in [-0.2, -0.15) is 0 Å². The summed E-state index contributed by atoms with van der Waals surface area (Å²) < 4.78 is 0. The third-order valence-electron chi connectivity index (χ3n) is 2.68. The van der Waals surface area contributed by atoms with Crippen molar-refractivity contribution in [2.75, 3.05) is 7.05 Å². The predicted octanol–water partition coefficient (Wildman–Crippen LogP) is 2.09. The van der Waals surface area contributed by atoms with E-state index in [0.717, 1.165) is 0 Å². The highest BCUT2D eigenvalue weighted by atomic mass is 14.9. The van der Waals surface area contributed by atoms with Gasteiger partial charge in [-0.05, 0) is 42.8 Å². The molecular formula is C13H15N3. The normalized spacial score (nSPS) is 12.4. The summed E-state index contributed by atoms with van der Waals surface area (Å²) in [5.41, 5.74) is 3.59. The van der Waals surface area contributed by atoms with Crippen molar-refractivity contribution in [2.45, 2.75) is 13.0 Å². The molecule has 0 fully saturated rings. The van der Waals surface area contributed by atoms with E-state index in [1.165, 1.54) is 16.7 Å². The predicted molar refractivity (Wildman–Crippen MR) is 64.1 cm³/mol. The van der Waals surface area contributed by atoms with Crippen LogP contribution in [-0.2, 0) is 0 Å². The Balaban J connectivity index is 2.41. The summed E-state index contributed by atoms with van der Waals surface area (Å²) in [6.45, 7) is 2.07. The zero-order chi connectivity index (χ0) is 11.4. The molecule has 0 bridgehead atoms. The highest BCUT2D eigenvalue weighted by molar-refractivity contribution is 5.33. The summed E-state index contributed by atoms with van der Waals surface area (Å²) in [4.78, 5) is 8.26. The topological polar surface area (TPSA) is 37.8 Å². The summed E-state index contributed by atoms with van der Waals surface area (Å²) in [5.74, 6) is 0. The lowest BCUT2D eigenvalue weighted by Crippen LogP contribution is -2.18. The Morgan fingerprint density at radius 2 is 1.94 bits per heavy atom. The number of nitrogens with one attached hydrogen (secondary N) is 1. The molecule has 0 saturated heterocycles. The van der Waals surface area contributed by atoms with Gasteiger partial charge in [-0.15, -0.1) is 0 Å². The van der Waals surface area contributed by atoms with E-state index >= 15 is 0 Å². The zero-order valence-electron chi connectivity index (χ0n) is 9.51. The lowest BCUT2D eigenvalue weighted by molar-refractivity contribution is 0.683. The van der Waals surface area contributed by atoms with E-state index in [4.69, 9.17) is 0 Å². The van der Waals surface area contributed by atoms with Gasteiger partial charge in [0.2, 0.25) is 0 Å². The average molecular weight is 213 g/mol. The van der Waals surface area contributed by atoms with Gasteiger partial charge in [-0.3, -0.25) is 9.97 Å². The average Bonchev–Trinajstić information content (AvgIpc) is 2.34. The Kier molecular flexibility index (Phi) is 3.27. The first kappa shape index (κ1) is 10.8. The van der Waals surface area contributed by atoms with Gasteiger partial charge in [0, 0.05) is 24.8 Å². The second-order valence-corrected chi connectivity index (χ2v) is 3.74. The van der Waals surface area contributed by atoms with Crippen molar-refractivity contribution in [3.8, 4) is 0 Å². The first-order valence-corrected chi connectivity index (χ1v) is 5.30. The van der Waals surface area contributed by atoms with Gasteiger partial charge in [0.25, 0.3) is 0 Å². The fourth-order valence-electron chi connectivity index (χ4n) is 1.86. The third kappa shape index (κ3) is 2.09. The summed E-state index contributed by atoms with van der Waals surface area (Å²) in [6, 6.07) is 6.25. The van der Waals surface area contributed by atoms with Gasteiger partial charge < -0.3 is 5.32 Å². The second kappa shape index (κ2) is 4.86. The monoisotopic (exact) mass is 213 g/mol. The maximum Gasteiger partial charge on any atom is 0.0593 e. The molecule has 2 aromatic heterocycles. The molecule has 2 rings (SSSR count). The highest BCUT2D eigenvalue weighted by Gasteiger charge is 2.13. The maximum atomic E-state index is 4.15. The molecule has 2 heterocycles. The van der Waals surface area contributed by atoms with E-state index in [0.29, 0.717) is 0 Å². The van der Waals surface area contributed by atoms with Crippen LogP contribution in [0.15, 0.2) is 43.0 Å². The first-order chi connectivity index (χ1) is 7.83. The Hall–Kier alpha value is -1.74. The summed E-state index contributed by atoms with van der Waals surface area (Å²) in [5, 5.41) is 3.31. The molecule has 2 aromatic rings. The van der Waals surface area contributed by atoms with Crippen molar-refractivity contribution >= 4 is 0 Å². The van der Waals surface area contributed by atoms with Gasteiger partial charge in [0.05, 0.1) is 6.04 Å². The number of nitrogens with zero attached hydrogens (tertiary/aromatic N) is 2. The summed E-state index contributed by atoms with van der Waals surface area (Å²) in [6.07, 6.45) is 7.38. The zero-order valence-corrected chi connectivity index (χ0v) is 9.51. The van der Waals surface area contributed by atoms with E-state index in [2.05, 4.69) is 28.3 Å². The highest BCUT2D eigenvalue weighted by Crippen LogP contribution is 2.22. The first-order valence-electron chi connectivity index (χ1n) is 5.30. The summed E-state index contributed by atoms with van der Waals surface area (Å²) in [7, 11) is 1.96. The van der Waals surface area contributed by atoms with Crippen molar-refractivity contribution in [2.24, 2.45) is 0 Å². The Morgan fingerprint density at radius 1 is 1.12 bits per heavy atom. The number of rotatable bonds is 3. The number of hydrogen-bond acceptors (Lipinski definition) is 3. The number of hydrogen-bond donors (Lipinski definition) is 1. The smallest absolute Gasteiger partial charge is 0.0593 e. The molecule has 1 unspecified atom stereocenters. The standard InChI is InChI=1S/C13H15N3/c1-10-8-16-7-5-12(10)13(14-2)11-4-3-6-15-9-11/h3-9,13-14H,1-2H3. The van der Waals surface area contributed by atoms with Crippen LogP contribution >= 0.6 is 0 Å². The molecule has 0 radical (unpaired) electrons. The molecule has 0 saturated carbocycles. The van der Waals surface area contributed by atoms with Crippen LogP contribution in [0.3, 0.4) is 0 Å². The molecule has 0 aliphatic carbocycles. The van der Waals surface area contributed by atoms with E-state index in [1.54, 1.807) is 6.20 Å². The fourth-order valence-corrected chi connectivity index (χ4v) is 1.86. The van der Waals surface area contributed by atoms with Crippen LogP contribution in [-0.4, -0.2) is 17.0 Å². The molecule has 0 aliphatic heterocycles. The van der Waals surface area contributed by atoms with Crippen molar-refractivity contribution in [3.05, 3.63) is 59.7 Å². The molecule has 1 N–H and O–H groups in total. The molecule has 0 aromatic carbocycles. The maximum absolute atomic E-state index is 4.15. The number of aromatic nitrogens is 2. The molecule has 3 nitrogen and oxygen atoms in total. The fraction of sp³-hybridized carbons (Fsp3) is 0.231. The van der Waals surface area contributed by atoms with Gasteiger partial charge >= 0.3 is 0 Å². The lowest BCUT2D eigenvalue weighted by Gasteiger charge is -2.18. The number of pyridine rings is 2. The Morgan fingerprint density at radius 3 is 2.56 bits per heavy atom. The van der Waals surface area contributed by atoms with Crippen molar-refractivity contribution < 1.29 is 0 Å². The molecule has 3 heteroatoms. The van der Waals surface area contributed by atoms with Crippen LogP contribution < -0.4 is 5.32 Å². The molecule has 16 heavy (non-hydrogen) atoms. The van der Waals surface area contributed by atoms with Gasteiger partial charge in [0.1, 0.15) is 0 Å². The quantitative estimate of drug-likeness (QED) is 0.848. The minimum absolute atomic E-state index is 0.177. The largest absolute Gasteiger partial charge is 0.309 e. The second-order valence-electron chi connectivity index (χ2n) is 3.74. The third-order valence-corrected chi connectivity index (χ3v) is 2.68. The SMILES string of the molecule is CNC(c1cccnc1)c1ccncc1C. The molecular weight excluding hydrogens is 198 g/mol. The molecule has 0 amide bonds. The Bertz CT molecular complexity index is 454. The van der Waals surface area contributed by atoms with E-state index in [1.807, 2.05) is 37.8 Å². The van der Waals surface area contributed by atoms with Crippen molar-refractivity contribution in [1.82, 2.24) is 15.3 Å². The van der Waals surface area contributed by atoms with Gasteiger partial charge in [-0.1, -0.05) is 6.07 Å². The van der Waals surface area contributed by atoms with Crippen LogP contribution in [0, 0.1) is 6.92 Å². The van der Waals surface area contributed by atoms with Gasteiger partial charge in [0.15, 0.2) is 0 Å². The minimum atomic E-state index is 0.177. The van der Waals surface area contributed by atoms with E-state index < -0.39 is 0 Å². The van der Waals surface area contributed by atoms with E-state index in [9.17, 15) is 0 Å². The lowest BCUT2D eigenvalue weighted by atomic mass is 9.98. The number of aryl methyl sites for hydroxylation is 1. The van der Waals surface area contributed by atoms with Crippen LogP contribution in [0.1, 0.15) is 22.7 Å². The van der Waals surface area contributed by atoms with Crippen molar-refractivity contribution in [3.63, 3.8) is 0 Å². The molecule has 0 aliphatic rings. The van der Waals surface area contributed by atoms with Crippen LogP contribution in [0.2, 0.25) is 0 Å².